The highest BCUT2D eigenvalue weighted by Gasteiger charge is 2.10. The van der Waals surface area contributed by atoms with Gasteiger partial charge >= 0.3 is 0 Å². The third-order valence-electron chi connectivity index (χ3n) is 3.38. The standard InChI is InChI=1S/C20H19BrN2O4/c1-4-10-27-17-9-7-16(21)11-15(17)13-22-23-20(24)14-6-8-18(26-5-2)19(12-14)25-3/h1,6-9,11-13H,5,10H2,2-3H3,(H,23,24)/b22-13+. The highest BCUT2D eigenvalue weighted by molar-refractivity contribution is 9.10. The van der Waals surface area contributed by atoms with Crippen molar-refractivity contribution in [2.45, 2.75) is 6.92 Å². The summed E-state index contributed by atoms with van der Waals surface area (Å²) in [6, 6.07) is 10.3. The van der Waals surface area contributed by atoms with Crippen molar-refractivity contribution in [1.82, 2.24) is 5.43 Å². The fraction of sp³-hybridized carbons (Fsp3) is 0.200. The fourth-order valence-electron chi connectivity index (χ4n) is 2.18. The van der Waals surface area contributed by atoms with Crippen LogP contribution in [-0.4, -0.2) is 32.4 Å². The Morgan fingerprint density at radius 1 is 1.22 bits per heavy atom. The first-order chi connectivity index (χ1) is 13.1. The molecule has 0 atom stereocenters. The van der Waals surface area contributed by atoms with Crippen molar-refractivity contribution in [2.24, 2.45) is 5.10 Å². The van der Waals surface area contributed by atoms with Gasteiger partial charge < -0.3 is 14.2 Å². The van der Waals surface area contributed by atoms with Gasteiger partial charge in [-0.15, -0.1) is 6.42 Å². The van der Waals surface area contributed by atoms with E-state index in [9.17, 15) is 4.79 Å². The molecule has 1 N–H and O–H groups in total. The van der Waals surface area contributed by atoms with Gasteiger partial charge in [0.2, 0.25) is 0 Å². The zero-order valence-corrected chi connectivity index (χ0v) is 16.6. The molecule has 2 rings (SSSR count). The van der Waals surface area contributed by atoms with E-state index in [1.807, 2.05) is 13.0 Å². The number of rotatable bonds is 8. The number of hydrazone groups is 1. The maximum Gasteiger partial charge on any atom is 0.271 e. The molecule has 0 heterocycles. The van der Waals surface area contributed by atoms with Gasteiger partial charge in [-0.2, -0.15) is 5.10 Å². The number of methoxy groups -OCH3 is 1. The Morgan fingerprint density at radius 2 is 2.00 bits per heavy atom. The Kier molecular flexibility index (Phi) is 7.71. The van der Waals surface area contributed by atoms with Gasteiger partial charge in [0.05, 0.1) is 19.9 Å². The van der Waals surface area contributed by atoms with Crippen molar-refractivity contribution in [3.63, 3.8) is 0 Å². The molecule has 2 aromatic rings. The number of halogens is 1. The van der Waals surface area contributed by atoms with Gasteiger partial charge in [-0.1, -0.05) is 21.9 Å². The van der Waals surface area contributed by atoms with E-state index in [1.54, 1.807) is 30.3 Å². The second-order valence-corrected chi connectivity index (χ2v) is 6.09. The van der Waals surface area contributed by atoms with Crippen LogP contribution in [-0.2, 0) is 0 Å². The number of hydrogen-bond acceptors (Lipinski definition) is 5. The monoisotopic (exact) mass is 430 g/mol. The minimum absolute atomic E-state index is 0.140. The molecule has 0 bridgehead atoms. The second kappa shape index (κ2) is 10.2. The molecule has 0 aliphatic heterocycles. The lowest BCUT2D eigenvalue weighted by Gasteiger charge is -2.10. The van der Waals surface area contributed by atoms with E-state index >= 15 is 0 Å². The largest absolute Gasteiger partial charge is 0.493 e. The topological polar surface area (TPSA) is 69.2 Å². The molecule has 27 heavy (non-hydrogen) atoms. The summed E-state index contributed by atoms with van der Waals surface area (Å²) in [7, 11) is 1.52. The molecular formula is C20H19BrN2O4. The molecule has 0 spiro atoms. The Labute approximate surface area is 166 Å². The summed E-state index contributed by atoms with van der Waals surface area (Å²) < 4.78 is 17.0. The summed E-state index contributed by atoms with van der Waals surface area (Å²) in [5.74, 6) is 3.64. The first kappa shape index (κ1) is 20.3. The van der Waals surface area contributed by atoms with Crippen LogP contribution in [0, 0.1) is 12.3 Å². The third kappa shape index (κ3) is 5.76. The van der Waals surface area contributed by atoms with E-state index < -0.39 is 0 Å². The van der Waals surface area contributed by atoms with Gasteiger partial charge in [-0.05, 0) is 43.3 Å². The SMILES string of the molecule is C#CCOc1ccc(Br)cc1/C=N/NC(=O)c1ccc(OCC)c(OC)c1. The van der Waals surface area contributed by atoms with E-state index in [1.165, 1.54) is 13.3 Å². The molecule has 2 aromatic carbocycles. The first-order valence-corrected chi connectivity index (χ1v) is 8.88. The van der Waals surface area contributed by atoms with E-state index in [0.717, 1.165) is 4.47 Å². The van der Waals surface area contributed by atoms with Gasteiger partial charge in [0.25, 0.3) is 5.91 Å². The summed E-state index contributed by atoms with van der Waals surface area (Å²) >= 11 is 3.39. The molecule has 0 aliphatic carbocycles. The second-order valence-electron chi connectivity index (χ2n) is 5.17. The highest BCUT2D eigenvalue weighted by atomic mass is 79.9. The number of nitrogens with zero attached hydrogens (tertiary/aromatic N) is 1. The molecule has 1 amide bonds. The molecule has 0 saturated heterocycles. The smallest absolute Gasteiger partial charge is 0.271 e. The van der Waals surface area contributed by atoms with Crippen LogP contribution in [0.1, 0.15) is 22.8 Å². The van der Waals surface area contributed by atoms with Crippen LogP contribution < -0.4 is 19.6 Å². The number of carbonyl (C=O) groups excluding carboxylic acids is 1. The van der Waals surface area contributed by atoms with E-state index in [0.29, 0.717) is 35.0 Å². The lowest BCUT2D eigenvalue weighted by molar-refractivity contribution is 0.0954. The number of nitrogens with one attached hydrogen (secondary N) is 1. The number of amides is 1. The predicted octanol–water partition coefficient (Wildman–Crippen LogP) is 3.63. The van der Waals surface area contributed by atoms with Crippen molar-refractivity contribution < 1.29 is 19.0 Å². The minimum Gasteiger partial charge on any atom is -0.493 e. The summed E-state index contributed by atoms with van der Waals surface area (Å²) in [4.78, 5) is 12.3. The molecule has 0 fully saturated rings. The van der Waals surface area contributed by atoms with Crippen molar-refractivity contribution in [3.05, 3.63) is 52.0 Å². The number of terminal acetylenes is 1. The maximum atomic E-state index is 12.3. The Balaban J connectivity index is 2.11. The van der Waals surface area contributed by atoms with Crippen LogP contribution in [0.15, 0.2) is 46.0 Å². The van der Waals surface area contributed by atoms with E-state index in [4.69, 9.17) is 20.6 Å². The van der Waals surface area contributed by atoms with Crippen LogP contribution in [0.2, 0.25) is 0 Å². The van der Waals surface area contributed by atoms with Crippen LogP contribution in [0.3, 0.4) is 0 Å². The molecule has 0 radical (unpaired) electrons. The lowest BCUT2D eigenvalue weighted by atomic mass is 10.2. The van der Waals surface area contributed by atoms with Crippen LogP contribution in [0.25, 0.3) is 0 Å². The van der Waals surface area contributed by atoms with Gasteiger partial charge in [0.1, 0.15) is 12.4 Å². The molecular weight excluding hydrogens is 412 g/mol. The summed E-state index contributed by atoms with van der Waals surface area (Å²) in [5.41, 5.74) is 3.54. The van der Waals surface area contributed by atoms with Crippen molar-refractivity contribution in [1.29, 1.82) is 0 Å². The van der Waals surface area contributed by atoms with Crippen LogP contribution in [0.5, 0.6) is 17.2 Å². The van der Waals surface area contributed by atoms with E-state index in [-0.39, 0.29) is 12.5 Å². The molecule has 7 heteroatoms. The average molecular weight is 431 g/mol. The van der Waals surface area contributed by atoms with Gasteiger partial charge in [0, 0.05) is 15.6 Å². The van der Waals surface area contributed by atoms with E-state index in [2.05, 4.69) is 32.4 Å². The number of ether oxygens (including phenoxy) is 3. The summed E-state index contributed by atoms with van der Waals surface area (Å²) in [5, 5.41) is 3.99. The zero-order chi connectivity index (χ0) is 19.6. The fourth-order valence-corrected chi connectivity index (χ4v) is 2.56. The highest BCUT2D eigenvalue weighted by Crippen LogP contribution is 2.28. The maximum absolute atomic E-state index is 12.3. The van der Waals surface area contributed by atoms with Crippen molar-refractivity contribution >= 4 is 28.1 Å². The molecule has 0 saturated carbocycles. The normalized spacial score (nSPS) is 10.3. The third-order valence-corrected chi connectivity index (χ3v) is 3.87. The van der Waals surface area contributed by atoms with Gasteiger partial charge in [0.15, 0.2) is 11.5 Å². The van der Waals surface area contributed by atoms with Gasteiger partial charge in [-0.25, -0.2) is 5.43 Å². The quantitative estimate of drug-likeness (QED) is 0.394. The number of carbonyl (C=O) groups is 1. The molecule has 0 aromatic heterocycles. The summed E-state index contributed by atoms with van der Waals surface area (Å²) in [6.07, 6.45) is 6.71. The van der Waals surface area contributed by atoms with Crippen LogP contribution in [0.4, 0.5) is 0 Å². The molecule has 0 aliphatic rings. The number of hydrogen-bond donors (Lipinski definition) is 1. The zero-order valence-electron chi connectivity index (χ0n) is 15.0. The van der Waals surface area contributed by atoms with Crippen LogP contribution >= 0.6 is 15.9 Å². The van der Waals surface area contributed by atoms with Gasteiger partial charge in [-0.3, -0.25) is 4.79 Å². The number of benzene rings is 2. The molecule has 6 nitrogen and oxygen atoms in total. The predicted molar refractivity (Wildman–Crippen MR) is 108 cm³/mol. The lowest BCUT2D eigenvalue weighted by Crippen LogP contribution is -2.17. The Hall–Kier alpha value is -2.98. The minimum atomic E-state index is -0.381. The first-order valence-electron chi connectivity index (χ1n) is 8.09. The Morgan fingerprint density at radius 3 is 2.70 bits per heavy atom. The Bertz CT molecular complexity index is 875. The molecule has 140 valence electrons. The molecule has 0 unspecified atom stereocenters. The van der Waals surface area contributed by atoms with Crippen molar-refractivity contribution in [3.8, 4) is 29.6 Å². The summed E-state index contributed by atoms with van der Waals surface area (Å²) in [6.45, 7) is 2.52. The van der Waals surface area contributed by atoms with Crippen molar-refractivity contribution in [2.75, 3.05) is 20.3 Å². The average Bonchev–Trinajstić information content (AvgIpc) is 2.67.